The lowest BCUT2D eigenvalue weighted by molar-refractivity contribution is -0.122. The Kier molecular flexibility index (Phi) is 9.03. The monoisotopic (exact) mass is 518 g/mol. The van der Waals surface area contributed by atoms with E-state index in [0.29, 0.717) is 16.1 Å². The largest absolute Gasteiger partial charge is 0.475 e. The smallest absolute Gasteiger partial charge is 0.426 e. The number of halogens is 1. The summed E-state index contributed by atoms with van der Waals surface area (Å²) in [6.07, 6.45) is 4.15. The third kappa shape index (κ3) is 7.22. The Bertz CT molecular complexity index is 1270. The molecule has 0 fully saturated rings. The third-order valence-corrected chi connectivity index (χ3v) is 7.07. The number of carbonyl (C=O) groups is 2. The van der Waals surface area contributed by atoms with Gasteiger partial charge in [-0.1, -0.05) is 65.7 Å². The molecule has 0 radical (unpaired) electrons. The van der Waals surface area contributed by atoms with E-state index < -0.39 is 25.0 Å². The van der Waals surface area contributed by atoms with Gasteiger partial charge in [-0.2, -0.15) is 0 Å². The van der Waals surface area contributed by atoms with Gasteiger partial charge in [0.25, 0.3) is 5.91 Å². The molecule has 0 saturated heterocycles. The van der Waals surface area contributed by atoms with Crippen LogP contribution in [0.2, 0.25) is 5.02 Å². The maximum Gasteiger partial charge on any atom is 0.475 e. The van der Waals surface area contributed by atoms with Gasteiger partial charge in [0.15, 0.2) is 0 Å². The summed E-state index contributed by atoms with van der Waals surface area (Å²) >= 11 is 6.22. The second-order valence-electron chi connectivity index (χ2n) is 9.72. The van der Waals surface area contributed by atoms with E-state index in [1.54, 1.807) is 18.2 Å². The summed E-state index contributed by atoms with van der Waals surface area (Å²) in [5, 5.41) is 26.1. The highest BCUT2D eigenvalue weighted by Crippen LogP contribution is 2.26. The number of nitrogens with one attached hydrogen (secondary N) is 2. The molecule has 8 heteroatoms. The molecule has 0 bridgehead atoms. The molecule has 0 heterocycles. The second kappa shape index (κ2) is 12.4. The zero-order chi connectivity index (χ0) is 26.4. The van der Waals surface area contributed by atoms with E-state index in [2.05, 4.69) is 16.7 Å². The molecule has 0 aliphatic heterocycles. The first-order valence-electron chi connectivity index (χ1n) is 12.7. The second-order valence-corrected chi connectivity index (χ2v) is 10.2. The molecule has 2 atom stereocenters. The van der Waals surface area contributed by atoms with E-state index in [1.165, 1.54) is 5.56 Å². The summed E-state index contributed by atoms with van der Waals surface area (Å²) in [4.78, 5) is 26.5. The van der Waals surface area contributed by atoms with Gasteiger partial charge < -0.3 is 20.7 Å². The van der Waals surface area contributed by atoms with Crippen molar-refractivity contribution in [2.45, 2.75) is 57.4 Å². The first kappa shape index (κ1) is 26.9. The lowest BCUT2D eigenvalue weighted by Gasteiger charge is -2.24. The average Bonchev–Trinajstić information content (AvgIpc) is 2.87. The maximum atomic E-state index is 13.4. The normalized spacial score (nSPS) is 14.3. The van der Waals surface area contributed by atoms with Crippen molar-refractivity contribution in [3.63, 3.8) is 0 Å². The minimum absolute atomic E-state index is 0.0852. The molecule has 4 rings (SSSR count). The Morgan fingerprint density at radius 1 is 0.973 bits per heavy atom. The van der Waals surface area contributed by atoms with Crippen LogP contribution in [0.5, 0.6) is 0 Å². The van der Waals surface area contributed by atoms with Gasteiger partial charge in [0.1, 0.15) is 0 Å². The van der Waals surface area contributed by atoms with Crippen molar-refractivity contribution < 1.29 is 19.6 Å². The Morgan fingerprint density at radius 2 is 1.73 bits per heavy atom. The molecule has 192 valence electrons. The number of benzene rings is 3. The van der Waals surface area contributed by atoms with Crippen LogP contribution in [0, 0.1) is 6.92 Å². The molecule has 0 saturated carbocycles. The van der Waals surface area contributed by atoms with Crippen molar-refractivity contribution in [2.75, 3.05) is 0 Å². The fourth-order valence-corrected chi connectivity index (χ4v) is 5.18. The zero-order valence-electron chi connectivity index (χ0n) is 20.9. The van der Waals surface area contributed by atoms with Gasteiger partial charge in [0, 0.05) is 10.6 Å². The van der Waals surface area contributed by atoms with E-state index in [9.17, 15) is 19.6 Å². The highest BCUT2D eigenvalue weighted by atomic mass is 35.5. The Labute approximate surface area is 223 Å². The number of rotatable bonds is 9. The van der Waals surface area contributed by atoms with Crippen LogP contribution in [0.15, 0.2) is 66.7 Å². The molecule has 6 nitrogen and oxygen atoms in total. The third-order valence-electron chi connectivity index (χ3n) is 6.83. The van der Waals surface area contributed by atoms with Gasteiger partial charge in [0.2, 0.25) is 5.91 Å². The van der Waals surface area contributed by atoms with Crippen LogP contribution < -0.4 is 10.6 Å². The van der Waals surface area contributed by atoms with E-state index in [1.807, 2.05) is 49.4 Å². The summed E-state index contributed by atoms with van der Waals surface area (Å²) < 4.78 is 0. The van der Waals surface area contributed by atoms with Crippen LogP contribution in [0.25, 0.3) is 0 Å². The van der Waals surface area contributed by atoms with Gasteiger partial charge in [-0.05, 0) is 79.5 Å². The zero-order valence-corrected chi connectivity index (χ0v) is 21.7. The first-order valence-corrected chi connectivity index (χ1v) is 13.1. The van der Waals surface area contributed by atoms with Gasteiger partial charge >= 0.3 is 7.12 Å². The summed E-state index contributed by atoms with van der Waals surface area (Å²) in [7, 11) is -1.74. The van der Waals surface area contributed by atoms with Gasteiger partial charge in [-0.3, -0.25) is 9.59 Å². The molecule has 37 heavy (non-hydrogen) atoms. The highest BCUT2D eigenvalue weighted by Gasteiger charge is 2.28. The van der Waals surface area contributed by atoms with E-state index in [-0.39, 0.29) is 18.7 Å². The van der Waals surface area contributed by atoms with Crippen LogP contribution in [-0.4, -0.2) is 34.9 Å². The summed E-state index contributed by atoms with van der Waals surface area (Å²) in [5.74, 6) is -1.55. The molecule has 3 aromatic rings. The first-order chi connectivity index (χ1) is 17.8. The molecule has 0 spiro atoms. The Balaban J connectivity index is 1.52. The van der Waals surface area contributed by atoms with Gasteiger partial charge in [-0.15, -0.1) is 0 Å². The van der Waals surface area contributed by atoms with Crippen molar-refractivity contribution >= 4 is 30.5 Å². The molecular formula is C29H32BClN2O4. The van der Waals surface area contributed by atoms with Gasteiger partial charge in [0.05, 0.1) is 18.4 Å². The van der Waals surface area contributed by atoms with E-state index in [4.69, 9.17) is 11.6 Å². The van der Waals surface area contributed by atoms with Crippen LogP contribution in [-0.2, 0) is 24.1 Å². The number of aryl methyl sites for hydroxylation is 2. The van der Waals surface area contributed by atoms with E-state index in [0.717, 1.165) is 42.4 Å². The highest BCUT2D eigenvalue weighted by molar-refractivity contribution is 6.43. The lowest BCUT2D eigenvalue weighted by Crippen LogP contribution is -2.48. The van der Waals surface area contributed by atoms with Crippen molar-refractivity contribution in [3.8, 4) is 0 Å². The summed E-state index contributed by atoms with van der Waals surface area (Å²) in [5.41, 5.74) is 5.52. The molecule has 1 aliphatic rings. The van der Waals surface area contributed by atoms with Crippen molar-refractivity contribution in [1.29, 1.82) is 0 Å². The van der Waals surface area contributed by atoms with Gasteiger partial charge in [-0.25, -0.2) is 0 Å². The van der Waals surface area contributed by atoms with Crippen LogP contribution in [0.3, 0.4) is 0 Å². The SMILES string of the molecule is Cc1cccc(CC(NC(=O)CC(NC(=O)c2cccc3c2CCCC3)c2cccc(Cl)c2)B(O)O)c1. The molecule has 0 aromatic heterocycles. The molecule has 1 aliphatic carbocycles. The number of hydrogen-bond donors (Lipinski definition) is 4. The standard InChI is InChI=1S/C29H32BClN2O4/c1-19-7-4-8-20(15-19)16-27(30(36)37)33-28(34)18-26(22-11-5-12-23(31)17-22)32-29(35)25-14-6-10-21-9-2-3-13-24(21)25/h4-8,10-12,14-15,17,26-27,36-37H,2-3,9,13,16,18H2,1H3,(H,32,35)(H,33,34). The number of hydrogen-bond acceptors (Lipinski definition) is 4. The van der Waals surface area contributed by atoms with Crippen LogP contribution >= 0.6 is 11.6 Å². The molecule has 2 unspecified atom stereocenters. The maximum absolute atomic E-state index is 13.4. The Morgan fingerprint density at radius 3 is 2.49 bits per heavy atom. The predicted octanol–water partition coefficient (Wildman–Crippen LogP) is 4.13. The number of fused-ring (bicyclic) bond motifs is 1. The summed E-state index contributed by atoms with van der Waals surface area (Å²) in [6, 6.07) is 19.9. The molecule has 4 N–H and O–H groups in total. The Hall–Kier alpha value is -3.13. The molecular weight excluding hydrogens is 487 g/mol. The molecule has 2 amide bonds. The van der Waals surface area contributed by atoms with Crippen molar-refractivity contribution in [3.05, 3.63) is 105 Å². The molecule has 3 aromatic carbocycles. The fourth-order valence-electron chi connectivity index (χ4n) is 4.98. The van der Waals surface area contributed by atoms with Crippen molar-refractivity contribution in [2.24, 2.45) is 0 Å². The summed E-state index contributed by atoms with van der Waals surface area (Å²) in [6.45, 7) is 1.95. The number of carbonyl (C=O) groups excluding carboxylic acids is 2. The minimum Gasteiger partial charge on any atom is -0.426 e. The van der Waals surface area contributed by atoms with Crippen molar-refractivity contribution in [1.82, 2.24) is 10.6 Å². The van der Waals surface area contributed by atoms with E-state index >= 15 is 0 Å². The topological polar surface area (TPSA) is 98.7 Å². The van der Waals surface area contributed by atoms with Crippen LogP contribution in [0.4, 0.5) is 0 Å². The quantitative estimate of drug-likeness (QED) is 0.320. The number of amides is 2. The minimum atomic E-state index is -1.74. The predicted molar refractivity (Wildman–Crippen MR) is 146 cm³/mol. The van der Waals surface area contributed by atoms with Crippen LogP contribution in [0.1, 0.15) is 63.5 Å². The lowest BCUT2D eigenvalue weighted by atomic mass is 9.75. The average molecular weight is 519 g/mol. The fraction of sp³-hybridized carbons (Fsp3) is 0.310.